The standard InChI is InChI=1S/C17H18BrF2N/c1-2-9-21-17(14-5-3-4-6-15(14)18)10-12-7-8-13(19)11-16(12)20/h3-8,11,17,21H,2,9-10H2,1H3. The highest BCUT2D eigenvalue weighted by molar-refractivity contribution is 9.10. The van der Waals surface area contributed by atoms with Crippen LogP contribution in [0.15, 0.2) is 46.9 Å². The molecule has 21 heavy (non-hydrogen) atoms. The zero-order chi connectivity index (χ0) is 15.2. The molecule has 2 aromatic carbocycles. The maximum Gasteiger partial charge on any atom is 0.129 e. The van der Waals surface area contributed by atoms with Crippen molar-refractivity contribution in [2.75, 3.05) is 6.54 Å². The van der Waals surface area contributed by atoms with Crippen LogP contribution < -0.4 is 5.32 Å². The van der Waals surface area contributed by atoms with Crippen molar-refractivity contribution in [3.05, 3.63) is 69.7 Å². The first kappa shape index (κ1) is 16.1. The molecule has 0 spiro atoms. The van der Waals surface area contributed by atoms with Crippen molar-refractivity contribution < 1.29 is 8.78 Å². The molecule has 0 saturated carbocycles. The van der Waals surface area contributed by atoms with E-state index < -0.39 is 11.6 Å². The molecule has 1 N–H and O–H groups in total. The molecule has 0 saturated heterocycles. The largest absolute Gasteiger partial charge is 0.310 e. The average molecular weight is 354 g/mol. The fourth-order valence-corrected chi connectivity index (χ4v) is 2.84. The van der Waals surface area contributed by atoms with Crippen LogP contribution in [0.5, 0.6) is 0 Å². The summed E-state index contributed by atoms with van der Waals surface area (Å²) in [5.74, 6) is -1.04. The molecule has 2 rings (SSSR count). The van der Waals surface area contributed by atoms with Crippen molar-refractivity contribution in [1.82, 2.24) is 5.32 Å². The van der Waals surface area contributed by atoms with E-state index in [-0.39, 0.29) is 6.04 Å². The zero-order valence-electron chi connectivity index (χ0n) is 11.9. The summed E-state index contributed by atoms with van der Waals surface area (Å²) in [6.07, 6.45) is 1.47. The van der Waals surface area contributed by atoms with Gasteiger partial charge in [-0.15, -0.1) is 0 Å². The van der Waals surface area contributed by atoms with Gasteiger partial charge in [-0.2, -0.15) is 0 Å². The molecular weight excluding hydrogens is 336 g/mol. The van der Waals surface area contributed by atoms with Gasteiger partial charge in [0.2, 0.25) is 0 Å². The highest BCUT2D eigenvalue weighted by Crippen LogP contribution is 2.27. The van der Waals surface area contributed by atoms with E-state index in [1.54, 1.807) is 0 Å². The van der Waals surface area contributed by atoms with Crippen molar-refractivity contribution in [1.29, 1.82) is 0 Å². The van der Waals surface area contributed by atoms with Crippen LogP contribution in [0.1, 0.15) is 30.5 Å². The van der Waals surface area contributed by atoms with Gasteiger partial charge in [0.25, 0.3) is 0 Å². The minimum Gasteiger partial charge on any atom is -0.310 e. The van der Waals surface area contributed by atoms with Crippen LogP contribution in [0.4, 0.5) is 8.78 Å². The molecule has 112 valence electrons. The zero-order valence-corrected chi connectivity index (χ0v) is 13.5. The Bertz CT molecular complexity index is 601. The Labute approximate surface area is 132 Å². The van der Waals surface area contributed by atoms with Gasteiger partial charge in [-0.1, -0.05) is 47.1 Å². The predicted molar refractivity (Wildman–Crippen MR) is 85.2 cm³/mol. The van der Waals surface area contributed by atoms with Crippen LogP contribution in [0.3, 0.4) is 0 Å². The Morgan fingerprint density at radius 3 is 2.57 bits per heavy atom. The number of hydrogen-bond acceptors (Lipinski definition) is 1. The fraction of sp³-hybridized carbons (Fsp3) is 0.294. The van der Waals surface area contributed by atoms with Gasteiger partial charge < -0.3 is 5.32 Å². The second kappa shape index (κ2) is 7.66. The van der Waals surface area contributed by atoms with Crippen LogP contribution in [0, 0.1) is 11.6 Å². The molecule has 1 unspecified atom stereocenters. The van der Waals surface area contributed by atoms with E-state index >= 15 is 0 Å². The van der Waals surface area contributed by atoms with Gasteiger partial charge in [-0.25, -0.2) is 8.78 Å². The van der Waals surface area contributed by atoms with Crippen molar-refractivity contribution in [3.63, 3.8) is 0 Å². The minimum absolute atomic E-state index is 0.0134. The average Bonchev–Trinajstić information content (AvgIpc) is 2.46. The first-order chi connectivity index (χ1) is 10.1. The third-order valence-corrected chi connectivity index (χ3v) is 4.08. The van der Waals surface area contributed by atoms with Gasteiger partial charge in [0, 0.05) is 16.6 Å². The van der Waals surface area contributed by atoms with Gasteiger partial charge >= 0.3 is 0 Å². The third kappa shape index (κ3) is 4.35. The van der Waals surface area contributed by atoms with E-state index in [0.29, 0.717) is 12.0 Å². The molecule has 0 aromatic heterocycles. The number of nitrogens with one attached hydrogen (secondary N) is 1. The van der Waals surface area contributed by atoms with Gasteiger partial charge in [0.15, 0.2) is 0 Å². The molecule has 0 heterocycles. The fourth-order valence-electron chi connectivity index (χ4n) is 2.28. The smallest absolute Gasteiger partial charge is 0.129 e. The van der Waals surface area contributed by atoms with Crippen LogP contribution in [0.2, 0.25) is 0 Å². The molecule has 0 aliphatic carbocycles. The summed E-state index contributed by atoms with van der Waals surface area (Å²) in [5.41, 5.74) is 1.59. The lowest BCUT2D eigenvalue weighted by Gasteiger charge is -2.21. The van der Waals surface area contributed by atoms with E-state index in [1.807, 2.05) is 24.3 Å². The molecular formula is C17H18BrF2N. The Morgan fingerprint density at radius 1 is 1.14 bits per heavy atom. The van der Waals surface area contributed by atoms with Gasteiger partial charge in [0.1, 0.15) is 11.6 Å². The van der Waals surface area contributed by atoms with Crippen LogP contribution >= 0.6 is 15.9 Å². The molecule has 0 fully saturated rings. The molecule has 1 nitrogen and oxygen atoms in total. The summed E-state index contributed by atoms with van der Waals surface area (Å²) in [4.78, 5) is 0. The molecule has 0 aliphatic heterocycles. The quantitative estimate of drug-likeness (QED) is 0.769. The van der Waals surface area contributed by atoms with E-state index in [1.165, 1.54) is 12.1 Å². The van der Waals surface area contributed by atoms with Crippen molar-refractivity contribution in [2.45, 2.75) is 25.8 Å². The first-order valence-electron chi connectivity index (χ1n) is 7.03. The monoisotopic (exact) mass is 353 g/mol. The predicted octanol–water partition coefficient (Wildman–Crippen LogP) is 5.01. The number of benzene rings is 2. The van der Waals surface area contributed by atoms with E-state index in [4.69, 9.17) is 0 Å². The molecule has 2 aromatic rings. The van der Waals surface area contributed by atoms with Crippen molar-refractivity contribution in [3.8, 4) is 0 Å². The summed E-state index contributed by atoms with van der Waals surface area (Å²) in [6.45, 7) is 2.93. The van der Waals surface area contributed by atoms with E-state index in [2.05, 4.69) is 28.2 Å². The number of hydrogen-bond donors (Lipinski definition) is 1. The topological polar surface area (TPSA) is 12.0 Å². The van der Waals surface area contributed by atoms with Gasteiger partial charge in [-0.3, -0.25) is 0 Å². The Balaban J connectivity index is 2.26. The van der Waals surface area contributed by atoms with Crippen molar-refractivity contribution in [2.24, 2.45) is 0 Å². The number of halogens is 3. The Hall–Kier alpha value is -1.26. The lowest BCUT2D eigenvalue weighted by atomic mass is 9.98. The number of rotatable bonds is 6. The lowest BCUT2D eigenvalue weighted by molar-refractivity contribution is 0.507. The van der Waals surface area contributed by atoms with Crippen molar-refractivity contribution >= 4 is 15.9 Å². The van der Waals surface area contributed by atoms with Gasteiger partial charge in [0.05, 0.1) is 0 Å². The second-order valence-electron chi connectivity index (χ2n) is 4.97. The molecule has 1 atom stereocenters. The summed E-state index contributed by atoms with van der Waals surface area (Å²) in [6, 6.07) is 11.6. The maximum atomic E-state index is 13.9. The molecule has 0 radical (unpaired) electrons. The maximum absolute atomic E-state index is 13.9. The highest BCUT2D eigenvalue weighted by atomic mass is 79.9. The molecule has 0 aliphatic rings. The summed E-state index contributed by atoms with van der Waals surface area (Å²) in [7, 11) is 0. The third-order valence-electron chi connectivity index (χ3n) is 3.36. The lowest BCUT2D eigenvalue weighted by Crippen LogP contribution is -2.24. The van der Waals surface area contributed by atoms with Crippen LogP contribution in [0.25, 0.3) is 0 Å². The van der Waals surface area contributed by atoms with Crippen LogP contribution in [-0.4, -0.2) is 6.54 Å². The normalized spacial score (nSPS) is 12.4. The highest BCUT2D eigenvalue weighted by Gasteiger charge is 2.16. The first-order valence-corrected chi connectivity index (χ1v) is 7.83. The Morgan fingerprint density at radius 2 is 1.90 bits per heavy atom. The minimum atomic E-state index is -0.546. The van der Waals surface area contributed by atoms with Crippen LogP contribution in [-0.2, 0) is 6.42 Å². The SMILES string of the molecule is CCCNC(Cc1ccc(F)cc1F)c1ccccc1Br. The summed E-state index contributed by atoms with van der Waals surface area (Å²) < 4.78 is 27.9. The second-order valence-corrected chi connectivity index (χ2v) is 5.82. The van der Waals surface area contributed by atoms with E-state index in [9.17, 15) is 8.78 Å². The summed E-state index contributed by atoms with van der Waals surface area (Å²) >= 11 is 3.54. The Kier molecular flexibility index (Phi) is 5.88. The summed E-state index contributed by atoms with van der Waals surface area (Å²) in [5, 5.41) is 3.43. The molecule has 4 heteroatoms. The molecule has 0 amide bonds. The van der Waals surface area contributed by atoms with Gasteiger partial charge in [-0.05, 0) is 42.6 Å². The van der Waals surface area contributed by atoms with E-state index in [0.717, 1.165) is 29.1 Å². The molecule has 0 bridgehead atoms.